The molecule has 0 aliphatic rings. The lowest BCUT2D eigenvalue weighted by atomic mass is 10.1. The van der Waals surface area contributed by atoms with Crippen LogP contribution >= 0.6 is 0 Å². The molecule has 0 bridgehead atoms. The van der Waals surface area contributed by atoms with Gasteiger partial charge < -0.3 is 10.1 Å². The van der Waals surface area contributed by atoms with Gasteiger partial charge in [0, 0.05) is 18.3 Å². The van der Waals surface area contributed by atoms with Crippen LogP contribution in [0.25, 0.3) is 0 Å². The molecule has 0 aliphatic carbocycles. The lowest BCUT2D eigenvalue weighted by Crippen LogP contribution is -2.05. The lowest BCUT2D eigenvalue weighted by molar-refractivity contribution is -0.0521. The molecule has 2 aromatic rings. The molecular weight excluding hydrogens is 279 g/mol. The summed E-state index contributed by atoms with van der Waals surface area (Å²) >= 11 is 0. The van der Waals surface area contributed by atoms with Gasteiger partial charge in [0.2, 0.25) is 0 Å². The summed E-state index contributed by atoms with van der Waals surface area (Å²) in [4.78, 5) is 0. The number of anilines is 1. The van der Waals surface area contributed by atoms with Gasteiger partial charge in [-0.05, 0) is 37.1 Å². The van der Waals surface area contributed by atoms with Gasteiger partial charge in [-0.2, -0.15) is 8.78 Å². The molecule has 2 rings (SSSR count). The zero-order valence-electron chi connectivity index (χ0n) is 11.8. The number of ether oxygens (including phenoxy) is 1. The molecule has 0 saturated heterocycles. The zero-order chi connectivity index (χ0) is 15.4. The third kappa shape index (κ3) is 4.15. The predicted octanol–water partition coefficient (Wildman–Crippen LogP) is 4.66. The van der Waals surface area contributed by atoms with Gasteiger partial charge in [-0.25, -0.2) is 4.39 Å². The molecule has 0 radical (unpaired) electrons. The van der Waals surface area contributed by atoms with E-state index in [-0.39, 0.29) is 0 Å². The third-order valence-corrected chi connectivity index (χ3v) is 3.14. The summed E-state index contributed by atoms with van der Waals surface area (Å²) in [5.41, 5.74) is 3.88. The van der Waals surface area contributed by atoms with Crippen molar-refractivity contribution < 1.29 is 17.9 Å². The van der Waals surface area contributed by atoms with Gasteiger partial charge in [-0.1, -0.05) is 23.8 Å². The van der Waals surface area contributed by atoms with Gasteiger partial charge in [-0.15, -0.1) is 0 Å². The molecule has 0 saturated carbocycles. The largest absolute Gasteiger partial charge is 0.432 e. The topological polar surface area (TPSA) is 21.3 Å². The van der Waals surface area contributed by atoms with Crippen molar-refractivity contribution in [3.05, 3.63) is 58.9 Å². The number of aryl methyl sites for hydroxylation is 2. The fourth-order valence-electron chi connectivity index (χ4n) is 1.99. The fraction of sp³-hybridized carbons (Fsp3) is 0.250. The molecule has 2 aromatic carbocycles. The van der Waals surface area contributed by atoms with Crippen LogP contribution in [0, 0.1) is 19.7 Å². The van der Waals surface area contributed by atoms with Crippen LogP contribution in [0.15, 0.2) is 36.4 Å². The minimum atomic E-state index is -3.03. The van der Waals surface area contributed by atoms with Crippen LogP contribution in [0.4, 0.5) is 18.9 Å². The Balaban J connectivity index is 2.07. The van der Waals surface area contributed by atoms with E-state index < -0.39 is 18.2 Å². The van der Waals surface area contributed by atoms with Gasteiger partial charge in [-0.3, -0.25) is 0 Å². The van der Waals surface area contributed by atoms with Gasteiger partial charge in [0.25, 0.3) is 0 Å². The monoisotopic (exact) mass is 295 g/mol. The van der Waals surface area contributed by atoms with E-state index in [0.29, 0.717) is 12.2 Å². The molecule has 2 nitrogen and oxygen atoms in total. The van der Waals surface area contributed by atoms with E-state index in [1.54, 1.807) is 0 Å². The second-order valence-corrected chi connectivity index (χ2v) is 4.81. The first-order valence-electron chi connectivity index (χ1n) is 6.50. The van der Waals surface area contributed by atoms with E-state index in [0.717, 1.165) is 22.8 Å². The maximum absolute atomic E-state index is 13.6. The Morgan fingerprint density at radius 3 is 2.52 bits per heavy atom. The first-order chi connectivity index (χ1) is 9.95. The van der Waals surface area contributed by atoms with Gasteiger partial charge in [0.05, 0.1) is 0 Å². The van der Waals surface area contributed by atoms with Crippen LogP contribution in [-0.2, 0) is 6.54 Å². The fourth-order valence-corrected chi connectivity index (χ4v) is 1.99. The van der Waals surface area contributed by atoms with Gasteiger partial charge in [0.15, 0.2) is 11.6 Å². The average Bonchev–Trinajstić information content (AvgIpc) is 2.42. The number of hydrogen-bond donors (Lipinski definition) is 1. The number of benzene rings is 2. The standard InChI is InChI=1S/C16H16F3NO/c1-10-3-4-11(2)12(7-10)9-20-13-5-6-15(14(17)8-13)21-16(18)19/h3-8,16,20H,9H2,1-2H3. The van der Waals surface area contributed by atoms with E-state index in [4.69, 9.17) is 0 Å². The minimum Gasteiger partial charge on any atom is -0.432 e. The normalized spacial score (nSPS) is 10.8. The molecule has 0 atom stereocenters. The minimum absolute atomic E-state index is 0.456. The quantitative estimate of drug-likeness (QED) is 0.866. The predicted molar refractivity (Wildman–Crippen MR) is 76.3 cm³/mol. The molecule has 21 heavy (non-hydrogen) atoms. The van der Waals surface area contributed by atoms with Crippen LogP contribution in [-0.4, -0.2) is 6.61 Å². The number of nitrogens with one attached hydrogen (secondary N) is 1. The highest BCUT2D eigenvalue weighted by Gasteiger charge is 2.10. The molecule has 0 aliphatic heterocycles. The molecule has 1 N–H and O–H groups in total. The molecule has 0 spiro atoms. The van der Waals surface area contributed by atoms with E-state index in [9.17, 15) is 13.2 Å². The maximum Gasteiger partial charge on any atom is 0.387 e. The van der Waals surface area contributed by atoms with Crippen molar-refractivity contribution >= 4 is 5.69 Å². The summed E-state index contributed by atoms with van der Waals surface area (Å²) in [5, 5.41) is 3.07. The summed E-state index contributed by atoms with van der Waals surface area (Å²) in [5.74, 6) is -1.27. The van der Waals surface area contributed by atoms with Crippen molar-refractivity contribution in [3.63, 3.8) is 0 Å². The van der Waals surface area contributed by atoms with Crippen LogP contribution in [0.3, 0.4) is 0 Å². The second kappa shape index (κ2) is 6.52. The van der Waals surface area contributed by atoms with Crippen LogP contribution in [0.2, 0.25) is 0 Å². The maximum atomic E-state index is 13.6. The van der Waals surface area contributed by atoms with Crippen molar-refractivity contribution in [2.75, 3.05) is 5.32 Å². The Labute approximate surface area is 121 Å². The summed E-state index contributed by atoms with van der Waals surface area (Å²) in [6.07, 6.45) is 0. The number of hydrogen-bond acceptors (Lipinski definition) is 2. The Kier molecular flexibility index (Phi) is 4.73. The molecule has 0 aromatic heterocycles. The summed E-state index contributed by atoms with van der Waals surface area (Å²) in [6, 6.07) is 9.93. The van der Waals surface area contributed by atoms with E-state index >= 15 is 0 Å². The Hall–Kier alpha value is -2.17. The summed E-state index contributed by atoms with van der Waals surface area (Å²) in [6.45, 7) is 1.49. The van der Waals surface area contributed by atoms with Crippen LogP contribution in [0.5, 0.6) is 5.75 Å². The third-order valence-electron chi connectivity index (χ3n) is 3.14. The number of alkyl halides is 2. The highest BCUT2D eigenvalue weighted by Crippen LogP contribution is 2.23. The Morgan fingerprint density at radius 2 is 1.86 bits per heavy atom. The second-order valence-electron chi connectivity index (χ2n) is 4.81. The molecule has 0 fully saturated rings. The van der Waals surface area contributed by atoms with Crippen molar-refractivity contribution in [1.82, 2.24) is 0 Å². The molecule has 112 valence electrons. The van der Waals surface area contributed by atoms with Gasteiger partial charge in [0.1, 0.15) is 0 Å². The van der Waals surface area contributed by atoms with Crippen molar-refractivity contribution in [2.45, 2.75) is 27.0 Å². The van der Waals surface area contributed by atoms with E-state index in [2.05, 4.69) is 10.1 Å². The van der Waals surface area contributed by atoms with Crippen LogP contribution < -0.4 is 10.1 Å². The Bertz CT molecular complexity index is 629. The van der Waals surface area contributed by atoms with Crippen molar-refractivity contribution in [2.24, 2.45) is 0 Å². The number of halogens is 3. The van der Waals surface area contributed by atoms with Crippen LogP contribution in [0.1, 0.15) is 16.7 Å². The highest BCUT2D eigenvalue weighted by atomic mass is 19.3. The molecule has 0 amide bonds. The molecule has 0 heterocycles. The molecule has 0 unspecified atom stereocenters. The zero-order valence-corrected chi connectivity index (χ0v) is 11.8. The summed E-state index contributed by atoms with van der Waals surface area (Å²) < 4.78 is 41.7. The first-order valence-corrected chi connectivity index (χ1v) is 6.50. The highest BCUT2D eigenvalue weighted by molar-refractivity contribution is 5.48. The first kappa shape index (κ1) is 15.2. The van der Waals surface area contributed by atoms with E-state index in [1.807, 2.05) is 32.0 Å². The Morgan fingerprint density at radius 1 is 1.10 bits per heavy atom. The molecular formula is C16H16F3NO. The average molecular weight is 295 g/mol. The SMILES string of the molecule is Cc1ccc(C)c(CNc2ccc(OC(F)F)c(F)c2)c1. The summed E-state index contributed by atoms with van der Waals surface area (Å²) in [7, 11) is 0. The van der Waals surface area contributed by atoms with E-state index in [1.165, 1.54) is 12.1 Å². The van der Waals surface area contributed by atoms with Gasteiger partial charge >= 0.3 is 6.61 Å². The van der Waals surface area contributed by atoms with Crippen molar-refractivity contribution in [3.8, 4) is 5.75 Å². The smallest absolute Gasteiger partial charge is 0.387 e. The number of rotatable bonds is 5. The lowest BCUT2D eigenvalue weighted by Gasteiger charge is -2.11. The molecule has 5 heteroatoms. The van der Waals surface area contributed by atoms with Crippen molar-refractivity contribution in [1.29, 1.82) is 0 Å².